The van der Waals surface area contributed by atoms with E-state index in [1.54, 1.807) is 0 Å². The van der Waals surface area contributed by atoms with Gasteiger partial charge in [-0.15, -0.1) is 0 Å². The van der Waals surface area contributed by atoms with Crippen LogP contribution in [0.5, 0.6) is 0 Å². The average Bonchev–Trinajstić information content (AvgIpc) is 2.78. The molecular formula is C15H17N3O3. The van der Waals surface area contributed by atoms with Crippen LogP contribution in [0.2, 0.25) is 0 Å². The molecule has 2 heterocycles. The Hall–Kier alpha value is -2.37. The van der Waals surface area contributed by atoms with Crippen molar-refractivity contribution in [2.24, 2.45) is 0 Å². The maximum atomic E-state index is 12.1. The van der Waals surface area contributed by atoms with Crippen molar-refractivity contribution in [2.75, 3.05) is 0 Å². The number of aromatic nitrogens is 1. The standard InChI is InChI=1S/C15H17N3O3/c19-13-8-4-2-6-11(17-13)15(20)16-9-14-18-10-5-1-3-7-12(10)21-14/h1,3,5,7,11H,2,4,6,8-9H2,(H,16,20)(H,17,19)/t11-/m1/s1. The first kappa shape index (κ1) is 13.6. The van der Waals surface area contributed by atoms with E-state index in [1.165, 1.54) is 0 Å². The molecule has 21 heavy (non-hydrogen) atoms. The fraction of sp³-hybridized carbons (Fsp3) is 0.400. The molecule has 0 saturated carbocycles. The third kappa shape index (κ3) is 3.21. The van der Waals surface area contributed by atoms with Crippen LogP contribution in [0.25, 0.3) is 11.1 Å². The highest BCUT2D eigenvalue weighted by molar-refractivity contribution is 5.87. The lowest BCUT2D eigenvalue weighted by Crippen LogP contribution is -2.45. The SMILES string of the molecule is O=C1CCCC[C@H](C(=O)NCc2nc3ccccc3o2)N1. The van der Waals surface area contributed by atoms with Crippen molar-refractivity contribution in [3.8, 4) is 0 Å². The summed E-state index contributed by atoms with van der Waals surface area (Å²) in [6, 6.07) is 6.99. The fourth-order valence-corrected chi connectivity index (χ4v) is 2.45. The maximum absolute atomic E-state index is 12.1. The largest absolute Gasteiger partial charge is 0.439 e. The summed E-state index contributed by atoms with van der Waals surface area (Å²) in [4.78, 5) is 27.9. The molecule has 1 fully saturated rings. The van der Waals surface area contributed by atoms with Gasteiger partial charge >= 0.3 is 0 Å². The Morgan fingerprint density at radius 3 is 3.10 bits per heavy atom. The molecule has 1 saturated heterocycles. The van der Waals surface area contributed by atoms with Gasteiger partial charge in [0.15, 0.2) is 5.58 Å². The van der Waals surface area contributed by atoms with Crippen molar-refractivity contribution in [1.82, 2.24) is 15.6 Å². The first-order valence-electron chi connectivity index (χ1n) is 7.14. The number of oxazole rings is 1. The number of carbonyl (C=O) groups excluding carboxylic acids is 2. The first-order chi connectivity index (χ1) is 10.2. The number of amides is 2. The van der Waals surface area contributed by atoms with Crippen LogP contribution in [0.3, 0.4) is 0 Å². The Morgan fingerprint density at radius 1 is 1.38 bits per heavy atom. The number of nitrogens with zero attached hydrogens (tertiary/aromatic N) is 1. The van der Waals surface area contributed by atoms with Crippen LogP contribution in [0.1, 0.15) is 31.6 Å². The molecule has 1 aliphatic rings. The molecule has 2 amide bonds. The molecule has 1 aromatic carbocycles. The molecule has 1 aliphatic heterocycles. The third-order valence-electron chi connectivity index (χ3n) is 3.55. The quantitative estimate of drug-likeness (QED) is 0.896. The van der Waals surface area contributed by atoms with E-state index in [9.17, 15) is 9.59 Å². The van der Waals surface area contributed by atoms with Gasteiger partial charge in [-0.2, -0.15) is 0 Å². The monoisotopic (exact) mass is 287 g/mol. The molecule has 6 nitrogen and oxygen atoms in total. The minimum Gasteiger partial charge on any atom is -0.439 e. The van der Waals surface area contributed by atoms with Crippen LogP contribution in [0, 0.1) is 0 Å². The van der Waals surface area contributed by atoms with Crippen LogP contribution in [0.15, 0.2) is 28.7 Å². The van der Waals surface area contributed by atoms with Crippen LogP contribution < -0.4 is 10.6 Å². The second kappa shape index (κ2) is 5.95. The number of benzene rings is 1. The lowest BCUT2D eigenvalue weighted by Gasteiger charge is -2.14. The van der Waals surface area contributed by atoms with Crippen LogP contribution in [-0.2, 0) is 16.1 Å². The summed E-state index contributed by atoms with van der Waals surface area (Å²) in [5, 5.41) is 5.51. The van der Waals surface area contributed by atoms with E-state index in [0.29, 0.717) is 24.3 Å². The molecule has 110 valence electrons. The van der Waals surface area contributed by atoms with Gasteiger partial charge in [0.2, 0.25) is 17.7 Å². The predicted molar refractivity (Wildman–Crippen MR) is 76.3 cm³/mol. The summed E-state index contributed by atoms with van der Waals surface area (Å²) in [5.41, 5.74) is 1.47. The zero-order chi connectivity index (χ0) is 14.7. The van der Waals surface area contributed by atoms with Gasteiger partial charge in [0.25, 0.3) is 0 Å². The molecule has 6 heteroatoms. The van der Waals surface area contributed by atoms with Gasteiger partial charge in [-0.1, -0.05) is 18.6 Å². The number of carbonyl (C=O) groups is 2. The van der Waals surface area contributed by atoms with Crippen LogP contribution in [0.4, 0.5) is 0 Å². The van der Waals surface area contributed by atoms with E-state index >= 15 is 0 Å². The molecule has 0 unspecified atom stereocenters. The van der Waals surface area contributed by atoms with Gasteiger partial charge in [-0.3, -0.25) is 9.59 Å². The average molecular weight is 287 g/mol. The lowest BCUT2D eigenvalue weighted by atomic mass is 10.1. The molecule has 0 aliphatic carbocycles. The third-order valence-corrected chi connectivity index (χ3v) is 3.55. The van der Waals surface area contributed by atoms with Crippen molar-refractivity contribution in [3.63, 3.8) is 0 Å². The fourth-order valence-electron chi connectivity index (χ4n) is 2.45. The van der Waals surface area contributed by atoms with Crippen molar-refractivity contribution < 1.29 is 14.0 Å². The highest BCUT2D eigenvalue weighted by Gasteiger charge is 2.23. The van der Waals surface area contributed by atoms with Gasteiger partial charge in [-0.05, 0) is 25.0 Å². The van der Waals surface area contributed by atoms with E-state index in [1.807, 2.05) is 24.3 Å². The molecule has 0 radical (unpaired) electrons. The summed E-state index contributed by atoms with van der Waals surface area (Å²) in [7, 11) is 0. The summed E-state index contributed by atoms with van der Waals surface area (Å²) in [6.07, 6.45) is 2.88. The van der Waals surface area contributed by atoms with E-state index in [0.717, 1.165) is 18.4 Å². The Bertz CT molecular complexity index is 632. The van der Waals surface area contributed by atoms with E-state index in [4.69, 9.17) is 4.42 Å². The second-order valence-corrected chi connectivity index (χ2v) is 5.16. The molecule has 3 rings (SSSR count). The van der Waals surface area contributed by atoms with E-state index in [-0.39, 0.29) is 18.4 Å². The van der Waals surface area contributed by atoms with Crippen LogP contribution in [-0.4, -0.2) is 22.8 Å². The van der Waals surface area contributed by atoms with Crippen LogP contribution >= 0.6 is 0 Å². The minimum atomic E-state index is -0.454. The number of nitrogens with one attached hydrogen (secondary N) is 2. The maximum Gasteiger partial charge on any atom is 0.243 e. The summed E-state index contributed by atoms with van der Waals surface area (Å²) in [6.45, 7) is 0.222. The molecule has 1 atom stereocenters. The lowest BCUT2D eigenvalue weighted by molar-refractivity contribution is -0.128. The number of fused-ring (bicyclic) bond motifs is 1. The first-order valence-corrected chi connectivity index (χ1v) is 7.14. The topological polar surface area (TPSA) is 84.2 Å². The molecule has 2 N–H and O–H groups in total. The predicted octanol–water partition coefficient (Wildman–Crippen LogP) is 1.50. The number of hydrogen-bond acceptors (Lipinski definition) is 4. The van der Waals surface area contributed by atoms with Crippen molar-refractivity contribution in [1.29, 1.82) is 0 Å². The van der Waals surface area contributed by atoms with Gasteiger partial charge in [-0.25, -0.2) is 4.98 Å². The molecule has 0 bridgehead atoms. The highest BCUT2D eigenvalue weighted by atomic mass is 16.3. The molecule has 1 aromatic heterocycles. The summed E-state index contributed by atoms with van der Waals surface area (Å²) in [5.74, 6) is 0.214. The molecular weight excluding hydrogens is 270 g/mol. The minimum absolute atomic E-state index is 0.0606. The molecule has 0 spiro atoms. The number of para-hydroxylation sites is 2. The number of hydrogen-bond donors (Lipinski definition) is 2. The normalized spacial score (nSPS) is 19.0. The van der Waals surface area contributed by atoms with Gasteiger partial charge in [0, 0.05) is 6.42 Å². The van der Waals surface area contributed by atoms with Crippen molar-refractivity contribution >= 4 is 22.9 Å². The molecule has 2 aromatic rings. The zero-order valence-corrected chi connectivity index (χ0v) is 11.6. The summed E-state index contributed by atoms with van der Waals surface area (Å²) < 4.78 is 5.54. The Morgan fingerprint density at radius 2 is 2.24 bits per heavy atom. The smallest absolute Gasteiger partial charge is 0.243 e. The van der Waals surface area contributed by atoms with Crippen molar-refractivity contribution in [2.45, 2.75) is 38.3 Å². The highest BCUT2D eigenvalue weighted by Crippen LogP contribution is 2.14. The van der Waals surface area contributed by atoms with Gasteiger partial charge in [0.05, 0.1) is 6.54 Å². The summed E-state index contributed by atoms with van der Waals surface area (Å²) >= 11 is 0. The van der Waals surface area contributed by atoms with Gasteiger partial charge in [0.1, 0.15) is 11.6 Å². The Balaban J connectivity index is 1.61. The number of rotatable bonds is 3. The second-order valence-electron chi connectivity index (χ2n) is 5.16. The Kier molecular flexibility index (Phi) is 3.85. The Labute approximate surface area is 121 Å². The van der Waals surface area contributed by atoms with Gasteiger partial charge < -0.3 is 15.1 Å². The zero-order valence-electron chi connectivity index (χ0n) is 11.6. The van der Waals surface area contributed by atoms with Crippen molar-refractivity contribution in [3.05, 3.63) is 30.2 Å². The van der Waals surface area contributed by atoms with E-state index in [2.05, 4.69) is 15.6 Å². The van der Waals surface area contributed by atoms with E-state index < -0.39 is 6.04 Å².